The number of ether oxygens (including phenoxy) is 1. The van der Waals surface area contributed by atoms with Crippen molar-refractivity contribution < 1.29 is 14.6 Å². The average molecular weight is 299 g/mol. The van der Waals surface area contributed by atoms with E-state index in [1.807, 2.05) is 6.07 Å². The molecule has 17 heavy (non-hydrogen) atoms. The first-order valence-electron chi connectivity index (χ1n) is 4.76. The molecule has 1 aromatic rings. The quantitative estimate of drug-likeness (QED) is 0.866. The number of benzene rings is 1. The molecule has 0 saturated carbocycles. The van der Waals surface area contributed by atoms with E-state index in [1.54, 1.807) is 18.2 Å². The van der Waals surface area contributed by atoms with Crippen LogP contribution in [0.3, 0.4) is 0 Å². The van der Waals surface area contributed by atoms with Crippen LogP contribution in [-0.4, -0.2) is 30.8 Å². The summed E-state index contributed by atoms with van der Waals surface area (Å²) < 4.78 is 5.45. The van der Waals surface area contributed by atoms with E-state index in [4.69, 9.17) is 15.1 Å². The van der Waals surface area contributed by atoms with Crippen molar-refractivity contribution in [2.24, 2.45) is 0 Å². The van der Waals surface area contributed by atoms with Crippen LogP contribution in [-0.2, 0) is 9.53 Å². The Balaban J connectivity index is 2.87. The summed E-state index contributed by atoms with van der Waals surface area (Å²) in [5, 5.41) is 20.5. The highest BCUT2D eigenvalue weighted by atomic mass is 79.9. The minimum atomic E-state index is -0.997. The van der Waals surface area contributed by atoms with E-state index in [-0.39, 0.29) is 6.61 Å². The van der Waals surface area contributed by atoms with E-state index in [0.717, 1.165) is 0 Å². The zero-order valence-electron chi connectivity index (χ0n) is 9.11. The van der Waals surface area contributed by atoms with Gasteiger partial charge in [0.1, 0.15) is 6.04 Å². The molecular formula is C11H11BrN2O3. The first kappa shape index (κ1) is 13.5. The number of carboxylic acid groups (broad SMARTS) is 1. The Morgan fingerprint density at radius 1 is 1.71 bits per heavy atom. The Morgan fingerprint density at radius 3 is 2.88 bits per heavy atom. The van der Waals surface area contributed by atoms with Crippen molar-refractivity contribution >= 4 is 27.6 Å². The van der Waals surface area contributed by atoms with Crippen molar-refractivity contribution in [1.29, 1.82) is 5.26 Å². The predicted octanol–water partition coefficient (Wildman–Crippen LogP) is 1.83. The van der Waals surface area contributed by atoms with Gasteiger partial charge in [0.15, 0.2) is 0 Å². The van der Waals surface area contributed by atoms with Crippen LogP contribution in [0.15, 0.2) is 22.7 Å². The van der Waals surface area contributed by atoms with E-state index in [1.165, 1.54) is 7.11 Å². The van der Waals surface area contributed by atoms with Gasteiger partial charge in [-0.15, -0.1) is 0 Å². The highest BCUT2D eigenvalue weighted by Gasteiger charge is 2.17. The molecule has 1 unspecified atom stereocenters. The third-order valence-corrected chi connectivity index (χ3v) is 2.72. The van der Waals surface area contributed by atoms with Gasteiger partial charge in [0.05, 0.1) is 18.2 Å². The number of nitrogens with one attached hydrogen (secondary N) is 1. The molecule has 0 aromatic heterocycles. The molecule has 0 spiro atoms. The lowest BCUT2D eigenvalue weighted by Gasteiger charge is -2.15. The molecule has 0 aliphatic heterocycles. The zero-order valence-corrected chi connectivity index (χ0v) is 10.7. The predicted molar refractivity (Wildman–Crippen MR) is 65.8 cm³/mol. The lowest BCUT2D eigenvalue weighted by Crippen LogP contribution is -2.33. The number of methoxy groups -OCH3 is 1. The van der Waals surface area contributed by atoms with E-state index in [9.17, 15) is 4.79 Å². The van der Waals surface area contributed by atoms with Gasteiger partial charge in [-0.05, 0) is 34.1 Å². The molecule has 0 amide bonds. The van der Waals surface area contributed by atoms with Gasteiger partial charge in [0, 0.05) is 17.3 Å². The van der Waals surface area contributed by atoms with Crippen molar-refractivity contribution in [3.8, 4) is 6.07 Å². The maximum absolute atomic E-state index is 10.9. The highest BCUT2D eigenvalue weighted by molar-refractivity contribution is 9.10. The topological polar surface area (TPSA) is 82.3 Å². The summed E-state index contributed by atoms with van der Waals surface area (Å²) in [5.41, 5.74) is 1.11. The largest absolute Gasteiger partial charge is 0.480 e. The summed E-state index contributed by atoms with van der Waals surface area (Å²) in [6.45, 7) is 0.0573. The molecule has 5 nitrogen and oxygen atoms in total. The van der Waals surface area contributed by atoms with E-state index >= 15 is 0 Å². The van der Waals surface area contributed by atoms with Crippen LogP contribution >= 0.6 is 15.9 Å². The van der Waals surface area contributed by atoms with Gasteiger partial charge in [-0.25, -0.2) is 4.79 Å². The number of halogens is 1. The fourth-order valence-corrected chi connectivity index (χ4v) is 1.72. The van der Waals surface area contributed by atoms with Crippen LogP contribution in [0, 0.1) is 11.3 Å². The smallest absolute Gasteiger partial charge is 0.328 e. The van der Waals surface area contributed by atoms with Gasteiger partial charge < -0.3 is 15.2 Å². The first-order valence-corrected chi connectivity index (χ1v) is 5.55. The van der Waals surface area contributed by atoms with Crippen molar-refractivity contribution in [2.45, 2.75) is 6.04 Å². The summed E-state index contributed by atoms with van der Waals surface area (Å²) in [6.07, 6.45) is 0. The molecule has 0 fully saturated rings. The van der Waals surface area contributed by atoms with Gasteiger partial charge in [0.2, 0.25) is 0 Å². The monoisotopic (exact) mass is 298 g/mol. The van der Waals surface area contributed by atoms with E-state index in [2.05, 4.69) is 21.2 Å². The van der Waals surface area contributed by atoms with Crippen LogP contribution in [0.4, 0.5) is 5.69 Å². The number of nitriles is 1. The summed E-state index contributed by atoms with van der Waals surface area (Å²) in [7, 11) is 1.44. The van der Waals surface area contributed by atoms with Crippen molar-refractivity contribution in [1.82, 2.24) is 0 Å². The lowest BCUT2D eigenvalue weighted by atomic mass is 10.2. The van der Waals surface area contributed by atoms with E-state index < -0.39 is 12.0 Å². The molecule has 2 N–H and O–H groups in total. The Kier molecular flexibility index (Phi) is 4.94. The second-order valence-corrected chi connectivity index (χ2v) is 4.15. The third kappa shape index (κ3) is 3.73. The molecule has 0 aliphatic carbocycles. The number of anilines is 1. The summed E-state index contributed by atoms with van der Waals surface area (Å²) >= 11 is 3.27. The minimum absolute atomic E-state index is 0.0573. The maximum Gasteiger partial charge on any atom is 0.328 e. The summed E-state index contributed by atoms with van der Waals surface area (Å²) in [6, 6.07) is 6.04. The van der Waals surface area contributed by atoms with Crippen LogP contribution < -0.4 is 5.32 Å². The number of nitrogens with zero attached hydrogens (tertiary/aromatic N) is 1. The van der Waals surface area contributed by atoms with Crippen LogP contribution in [0.25, 0.3) is 0 Å². The SMILES string of the molecule is COCC(Nc1ccc(C#N)cc1Br)C(=O)O. The molecule has 90 valence electrons. The maximum atomic E-state index is 10.9. The fraction of sp³-hybridized carbons (Fsp3) is 0.273. The number of aliphatic carboxylic acids is 1. The molecular weight excluding hydrogens is 288 g/mol. The average Bonchev–Trinajstić information content (AvgIpc) is 2.30. The summed E-state index contributed by atoms with van der Waals surface area (Å²) in [5.74, 6) is -0.997. The molecule has 0 aliphatic rings. The van der Waals surface area contributed by atoms with E-state index in [0.29, 0.717) is 15.7 Å². The number of carbonyl (C=O) groups is 1. The molecule has 6 heteroatoms. The normalized spacial score (nSPS) is 11.6. The molecule has 1 atom stereocenters. The van der Waals surface area contributed by atoms with Crippen LogP contribution in [0.1, 0.15) is 5.56 Å². The number of rotatable bonds is 5. The zero-order chi connectivity index (χ0) is 12.8. The van der Waals surface area contributed by atoms with Gasteiger partial charge in [-0.2, -0.15) is 5.26 Å². The van der Waals surface area contributed by atoms with Crippen molar-refractivity contribution in [3.63, 3.8) is 0 Å². The number of carboxylic acids is 1. The highest BCUT2D eigenvalue weighted by Crippen LogP contribution is 2.24. The Hall–Kier alpha value is -1.58. The fourth-order valence-electron chi connectivity index (χ4n) is 1.23. The van der Waals surface area contributed by atoms with Crippen LogP contribution in [0.2, 0.25) is 0 Å². The molecule has 0 saturated heterocycles. The Bertz CT molecular complexity index is 457. The van der Waals surface area contributed by atoms with Crippen LogP contribution in [0.5, 0.6) is 0 Å². The number of hydrogen-bond acceptors (Lipinski definition) is 4. The standard InChI is InChI=1S/C11H11BrN2O3/c1-17-6-10(11(15)16)14-9-3-2-7(5-13)4-8(9)12/h2-4,10,14H,6H2,1H3,(H,15,16). The Morgan fingerprint density at radius 2 is 2.41 bits per heavy atom. The van der Waals surface area contributed by atoms with Gasteiger partial charge >= 0.3 is 5.97 Å². The molecule has 1 rings (SSSR count). The Labute approximate surface area is 107 Å². The number of hydrogen-bond donors (Lipinski definition) is 2. The minimum Gasteiger partial charge on any atom is -0.480 e. The molecule has 0 radical (unpaired) electrons. The third-order valence-electron chi connectivity index (χ3n) is 2.06. The molecule has 0 heterocycles. The second kappa shape index (κ2) is 6.23. The lowest BCUT2D eigenvalue weighted by molar-refractivity contribution is -0.139. The van der Waals surface area contributed by atoms with Gasteiger partial charge in [-0.1, -0.05) is 0 Å². The van der Waals surface area contributed by atoms with Gasteiger partial charge in [0.25, 0.3) is 0 Å². The van der Waals surface area contributed by atoms with Crippen molar-refractivity contribution in [2.75, 3.05) is 19.0 Å². The van der Waals surface area contributed by atoms with Crippen molar-refractivity contribution in [3.05, 3.63) is 28.2 Å². The second-order valence-electron chi connectivity index (χ2n) is 3.30. The van der Waals surface area contributed by atoms with Gasteiger partial charge in [-0.3, -0.25) is 0 Å². The summed E-state index contributed by atoms with van der Waals surface area (Å²) in [4.78, 5) is 10.9. The first-order chi connectivity index (χ1) is 8.08. The molecule has 1 aromatic carbocycles. The molecule has 0 bridgehead atoms.